The van der Waals surface area contributed by atoms with Gasteiger partial charge in [-0.2, -0.15) is 0 Å². The van der Waals surface area contributed by atoms with Crippen LogP contribution in [0.25, 0.3) is 0 Å². The summed E-state index contributed by atoms with van der Waals surface area (Å²) in [6, 6.07) is 1.20. The molecule has 1 aromatic rings. The summed E-state index contributed by atoms with van der Waals surface area (Å²) in [5.41, 5.74) is 0.689. The summed E-state index contributed by atoms with van der Waals surface area (Å²) in [7, 11) is 1.45. The zero-order valence-electron chi connectivity index (χ0n) is 8.15. The number of rotatable bonds is 2. The Kier molecular flexibility index (Phi) is 3.26. The fourth-order valence-electron chi connectivity index (χ4n) is 1.15. The molecule has 0 aliphatic carbocycles. The van der Waals surface area contributed by atoms with Crippen molar-refractivity contribution in [2.24, 2.45) is 0 Å². The van der Waals surface area contributed by atoms with Gasteiger partial charge in [-0.05, 0) is 35.8 Å². The zero-order valence-corrected chi connectivity index (χ0v) is 9.74. The summed E-state index contributed by atoms with van der Waals surface area (Å²) in [6.07, 6.45) is 0. The molecule has 0 saturated carbocycles. The lowest BCUT2D eigenvalue weighted by molar-refractivity contribution is 0.101. The quantitative estimate of drug-likeness (QED) is 0.764. The number of carbonyl (C=O) groups excluding carboxylic acids is 1. The fraction of sp³-hybridized carbons (Fsp3) is 0.300. The van der Waals surface area contributed by atoms with Crippen LogP contribution in [0.2, 0.25) is 0 Å². The first-order chi connectivity index (χ1) is 6.49. The predicted octanol–water partition coefficient (Wildman–Crippen LogP) is 3.11. The van der Waals surface area contributed by atoms with Gasteiger partial charge in [0.05, 0.1) is 17.1 Å². The van der Waals surface area contributed by atoms with Crippen LogP contribution < -0.4 is 4.74 Å². The fourth-order valence-corrected chi connectivity index (χ4v) is 1.72. The summed E-state index contributed by atoms with van der Waals surface area (Å²) in [5, 5.41) is 0. The van der Waals surface area contributed by atoms with Gasteiger partial charge in [-0.15, -0.1) is 0 Å². The van der Waals surface area contributed by atoms with Gasteiger partial charge in [0.25, 0.3) is 0 Å². The third kappa shape index (κ3) is 1.80. The molecule has 0 unspecified atom stereocenters. The maximum Gasteiger partial charge on any atom is 0.163 e. The number of benzene rings is 1. The van der Waals surface area contributed by atoms with Crippen molar-refractivity contribution in [3.05, 3.63) is 27.5 Å². The minimum atomic E-state index is -0.414. The number of carbonyl (C=O) groups is 1. The van der Waals surface area contributed by atoms with E-state index in [4.69, 9.17) is 4.74 Å². The van der Waals surface area contributed by atoms with Crippen LogP contribution in [-0.4, -0.2) is 12.9 Å². The molecular weight excluding hydrogens is 251 g/mol. The van der Waals surface area contributed by atoms with Crippen molar-refractivity contribution in [1.29, 1.82) is 0 Å². The highest BCUT2D eigenvalue weighted by Gasteiger charge is 2.16. The molecule has 2 nitrogen and oxygen atoms in total. The van der Waals surface area contributed by atoms with Gasteiger partial charge in [-0.3, -0.25) is 4.79 Å². The molecule has 0 aromatic heterocycles. The topological polar surface area (TPSA) is 26.3 Å². The van der Waals surface area contributed by atoms with E-state index in [2.05, 4.69) is 15.9 Å². The average molecular weight is 261 g/mol. The standard InChI is InChI=1S/C10H10BrFO2/c1-5-8(12)4-7(6(2)13)10(14-3)9(5)11/h4H,1-3H3. The molecule has 0 N–H and O–H groups in total. The van der Waals surface area contributed by atoms with E-state index in [1.54, 1.807) is 6.92 Å². The SMILES string of the molecule is COc1c(C(C)=O)cc(F)c(C)c1Br. The Balaban J connectivity index is 3.51. The normalized spacial score (nSPS) is 10.1. The smallest absolute Gasteiger partial charge is 0.163 e. The van der Waals surface area contributed by atoms with Gasteiger partial charge in [0.15, 0.2) is 5.78 Å². The monoisotopic (exact) mass is 260 g/mol. The molecule has 1 rings (SSSR count). The van der Waals surface area contributed by atoms with E-state index in [9.17, 15) is 9.18 Å². The molecule has 0 saturated heterocycles. The van der Waals surface area contributed by atoms with E-state index in [0.29, 0.717) is 15.8 Å². The van der Waals surface area contributed by atoms with Crippen molar-refractivity contribution in [2.45, 2.75) is 13.8 Å². The van der Waals surface area contributed by atoms with Crippen molar-refractivity contribution >= 4 is 21.7 Å². The van der Waals surface area contributed by atoms with Gasteiger partial charge >= 0.3 is 0 Å². The number of ether oxygens (including phenoxy) is 1. The molecular formula is C10H10BrFO2. The van der Waals surface area contributed by atoms with E-state index >= 15 is 0 Å². The Labute approximate surface area is 90.2 Å². The number of hydrogen-bond donors (Lipinski definition) is 0. The maximum absolute atomic E-state index is 13.3. The first-order valence-corrected chi connectivity index (χ1v) is 4.81. The first-order valence-electron chi connectivity index (χ1n) is 4.02. The minimum absolute atomic E-state index is 0.221. The molecule has 76 valence electrons. The lowest BCUT2D eigenvalue weighted by Gasteiger charge is -2.10. The highest BCUT2D eigenvalue weighted by molar-refractivity contribution is 9.10. The molecule has 0 aliphatic rings. The summed E-state index contributed by atoms with van der Waals surface area (Å²) in [4.78, 5) is 11.2. The number of hydrogen-bond acceptors (Lipinski definition) is 2. The van der Waals surface area contributed by atoms with Gasteiger partial charge in [-0.1, -0.05) is 0 Å². The van der Waals surface area contributed by atoms with Crippen LogP contribution in [0.4, 0.5) is 4.39 Å². The molecule has 0 aliphatic heterocycles. The van der Waals surface area contributed by atoms with Gasteiger partial charge in [0, 0.05) is 5.56 Å². The Morgan fingerprint density at radius 1 is 1.57 bits per heavy atom. The van der Waals surface area contributed by atoms with Crippen LogP contribution in [0.5, 0.6) is 5.75 Å². The van der Waals surface area contributed by atoms with Crippen molar-refractivity contribution < 1.29 is 13.9 Å². The molecule has 0 heterocycles. The second-order valence-corrected chi connectivity index (χ2v) is 3.73. The number of Topliss-reactive ketones (excluding diaryl/α,β-unsaturated/α-hetero) is 1. The predicted molar refractivity (Wildman–Crippen MR) is 55.4 cm³/mol. The second kappa shape index (κ2) is 4.09. The lowest BCUT2D eigenvalue weighted by atomic mass is 10.1. The van der Waals surface area contributed by atoms with Crippen molar-refractivity contribution in [2.75, 3.05) is 7.11 Å². The Morgan fingerprint density at radius 3 is 2.57 bits per heavy atom. The van der Waals surface area contributed by atoms with Crippen LogP contribution in [0.3, 0.4) is 0 Å². The third-order valence-corrected chi connectivity index (χ3v) is 2.94. The Hall–Kier alpha value is -0.900. The molecule has 0 amide bonds. The Bertz CT molecular complexity index is 388. The molecule has 0 spiro atoms. The van der Waals surface area contributed by atoms with Crippen LogP contribution >= 0.6 is 15.9 Å². The van der Waals surface area contributed by atoms with Crippen LogP contribution in [0, 0.1) is 12.7 Å². The van der Waals surface area contributed by atoms with Crippen LogP contribution in [0.1, 0.15) is 22.8 Å². The van der Waals surface area contributed by atoms with Gasteiger partial charge in [-0.25, -0.2) is 4.39 Å². The van der Waals surface area contributed by atoms with E-state index < -0.39 is 5.82 Å². The van der Waals surface area contributed by atoms with Gasteiger partial charge in [0.1, 0.15) is 11.6 Å². The van der Waals surface area contributed by atoms with Crippen molar-refractivity contribution in [1.82, 2.24) is 0 Å². The number of methoxy groups -OCH3 is 1. The van der Waals surface area contributed by atoms with Crippen LogP contribution in [0.15, 0.2) is 10.5 Å². The highest BCUT2D eigenvalue weighted by Crippen LogP contribution is 2.33. The lowest BCUT2D eigenvalue weighted by Crippen LogP contribution is -2.01. The van der Waals surface area contributed by atoms with Gasteiger partial charge < -0.3 is 4.74 Å². The number of ketones is 1. The van der Waals surface area contributed by atoms with Gasteiger partial charge in [0.2, 0.25) is 0 Å². The summed E-state index contributed by atoms with van der Waals surface area (Å²) < 4.78 is 18.8. The molecule has 0 fully saturated rings. The summed E-state index contributed by atoms with van der Waals surface area (Å²) >= 11 is 3.19. The molecule has 0 atom stereocenters. The van der Waals surface area contributed by atoms with E-state index in [1.165, 1.54) is 20.1 Å². The summed E-state index contributed by atoms with van der Waals surface area (Å²) in [5.74, 6) is -0.249. The van der Waals surface area contributed by atoms with E-state index in [0.717, 1.165) is 0 Å². The number of halogens is 2. The largest absolute Gasteiger partial charge is 0.495 e. The van der Waals surface area contributed by atoms with Crippen LogP contribution in [-0.2, 0) is 0 Å². The molecule has 4 heteroatoms. The molecule has 0 radical (unpaired) electrons. The Morgan fingerprint density at radius 2 is 2.14 bits per heavy atom. The minimum Gasteiger partial charge on any atom is -0.495 e. The van der Waals surface area contributed by atoms with Crippen molar-refractivity contribution in [3.8, 4) is 5.75 Å². The van der Waals surface area contributed by atoms with Crippen molar-refractivity contribution in [3.63, 3.8) is 0 Å². The average Bonchev–Trinajstić information content (AvgIpc) is 2.13. The summed E-state index contributed by atoms with van der Waals surface area (Å²) in [6.45, 7) is 2.99. The van der Waals surface area contributed by atoms with E-state index in [-0.39, 0.29) is 11.3 Å². The maximum atomic E-state index is 13.3. The molecule has 0 bridgehead atoms. The second-order valence-electron chi connectivity index (χ2n) is 2.93. The molecule has 14 heavy (non-hydrogen) atoms. The zero-order chi connectivity index (χ0) is 10.9. The van der Waals surface area contributed by atoms with E-state index in [1.807, 2.05) is 0 Å². The molecule has 1 aromatic carbocycles. The highest BCUT2D eigenvalue weighted by atomic mass is 79.9. The first kappa shape index (κ1) is 11.2. The third-order valence-electron chi connectivity index (χ3n) is 1.99.